The monoisotopic (exact) mass is 302 g/mol. The molecule has 0 fully saturated rings. The van der Waals surface area contributed by atoms with Crippen LogP contribution in [0.5, 0.6) is 0 Å². The Bertz CT molecular complexity index is 657. The second-order valence-corrected chi connectivity index (χ2v) is 6.55. The summed E-state index contributed by atoms with van der Waals surface area (Å²) in [5.74, 6) is 0.793. The van der Waals surface area contributed by atoms with Crippen molar-refractivity contribution >= 4 is 34.6 Å². The summed E-state index contributed by atoms with van der Waals surface area (Å²) in [5.41, 5.74) is 7.32. The van der Waals surface area contributed by atoms with E-state index in [4.69, 9.17) is 5.73 Å². The highest BCUT2D eigenvalue weighted by molar-refractivity contribution is 8.01. The van der Waals surface area contributed by atoms with E-state index < -0.39 is 0 Å². The molecule has 2 aromatic rings. The fourth-order valence-electron chi connectivity index (χ4n) is 1.71. The molecule has 0 saturated heterocycles. The lowest BCUT2D eigenvalue weighted by molar-refractivity contribution is 0.104. The molecule has 0 atom stereocenters. The Morgan fingerprint density at radius 1 is 1.40 bits per heavy atom. The second-order valence-electron chi connectivity index (χ2n) is 4.16. The molecule has 20 heavy (non-hydrogen) atoms. The number of ketones is 1. The van der Waals surface area contributed by atoms with E-state index in [0.717, 1.165) is 16.4 Å². The second kappa shape index (κ2) is 6.60. The predicted octanol–water partition coefficient (Wildman–Crippen LogP) is 3.94. The molecule has 2 N–H and O–H groups in total. The smallest absolute Gasteiger partial charge is 0.205 e. The van der Waals surface area contributed by atoms with Crippen LogP contribution in [-0.2, 0) is 0 Å². The number of hydrogen-bond donors (Lipinski definition) is 1. The van der Waals surface area contributed by atoms with Gasteiger partial charge in [0.25, 0.3) is 0 Å². The predicted molar refractivity (Wildman–Crippen MR) is 84.3 cm³/mol. The summed E-state index contributed by atoms with van der Waals surface area (Å²) >= 11 is 2.90. The normalized spacial score (nSPS) is 10.2. The van der Waals surface area contributed by atoms with Crippen molar-refractivity contribution in [3.8, 4) is 6.07 Å². The molecule has 0 saturated carbocycles. The van der Waals surface area contributed by atoms with Crippen LogP contribution in [0.3, 0.4) is 0 Å². The number of rotatable bonds is 5. The van der Waals surface area contributed by atoms with Crippen LogP contribution in [0.15, 0.2) is 34.5 Å². The molecule has 0 aliphatic heterocycles. The molecule has 0 unspecified atom stereocenters. The Hall–Kier alpha value is -1.77. The van der Waals surface area contributed by atoms with Crippen LogP contribution in [0.25, 0.3) is 0 Å². The molecule has 5 heteroatoms. The van der Waals surface area contributed by atoms with Gasteiger partial charge < -0.3 is 5.73 Å². The van der Waals surface area contributed by atoms with Gasteiger partial charge in [0.15, 0.2) is 0 Å². The molecule has 0 radical (unpaired) electrons. The molecule has 3 nitrogen and oxygen atoms in total. The topological polar surface area (TPSA) is 66.9 Å². The number of nitrogen functional groups attached to an aromatic ring is 1. The maximum Gasteiger partial charge on any atom is 0.205 e. The van der Waals surface area contributed by atoms with E-state index in [1.54, 1.807) is 23.9 Å². The number of nitrogens with zero attached hydrogens (tertiary/aromatic N) is 1. The number of thiophene rings is 1. The molecule has 0 bridgehead atoms. The van der Waals surface area contributed by atoms with E-state index in [1.165, 1.54) is 11.3 Å². The molecule has 0 amide bonds. The average Bonchev–Trinajstić information content (AvgIpc) is 2.81. The Morgan fingerprint density at radius 2 is 2.10 bits per heavy atom. The van der Waals surface area contributed by atoms with Gasteiger partial charge in [-0.25, -0.2) is 0 Å². The first kappa shape index (κ1) is 14.6. The molecule has 1 heterocycles. The van der Waals surface area contributed by atoms with Crippen molar-refractivity contribution in [1.82, 2.24) is 0 Å². The molecule has 1 aromatic heterocycles. The van der Waals surface area contributed by atoms with E-state index in [2.05, 4.69) is 13.0 Å². The van der Waals surface area contributed by atoms with Gasteiger partial charge in [0.2, 0.25) is 5.78 Å². The quantitative estimate of drug-likeness (QED) is 0.671. The first-order chi connectivity index (χ1) is 9.69. The van der Waals surface area contributed by atoms with Crippen LogP contribution in [0.2, 0.25) is 0 Å². The van der Waals surface area contributed by atoms with Crippen LogP contribution in [0.1, 0.15) is 34.1 Å². The number of anilines is 1. The minimum atomic E-state index is -0.118. The summed E-state index contributed by atoms with van der Waals surface area (Å²) < 4.78 is 0.839. The standard InChI is InChI=1S/C15H14N2OS2/c1-2-8-19-15-11(9-16)12(17)14(20-15)13(18)10-6-4-3-5-7-10/h3-7H,2,8,17H2,1H3. The van der Waals surface area contributed by atoms with E-state index in [1.807, 2.05) is 18.2 Å². The number of thioether (sulfide) groups is 1. The first-order valence-corrected chi connectivity index (χ1v) is 8.04. The first-order valence-electron chi connectivity index (χ1n) is 6.24. The van der Waals surface area contributed by atoms with Gasteiger partial charge in [-0.1, -0.05) is 37.3 Å². The van der Waals surface area contributed by atoms with Crippen LogP contribution in [0.4, 0.5) is 5.69 Å². The van der Waals surface area contributed by atoms with Crippen molar-refractivity contribution in [2.24, 2.45) is 0 Å². The van der Waals surface area contributed by atoms with Crippen molar-refractivity contribution < 1.29 is 4.79 Å². The minimum Gasteiger partial charge on any atom is -0.396 e. The zero-order chi connectivity index (χ0) is 14.5. The van der Waals surface area contributed by atoms with E-state index in [0.29, 0.717) is 21.7 Å². The van der Waals surface area contributed by atoms with Crippen LogP contribution < -0.4 is 5.73 Å². The fourth-order valence-corrected chi connectivity index (χ4v) is 4.00. The molecular formula is C15H14N2OS2. The maximum absolute atomic E-state index is 12.4. The van der Waals surface area contributed by atoms with Gasteiger partial charge in [0.05, 0.1) is 9.90 Å². The van der Waals surface area contributed by atoms with Gasteiger partial charge in [0, 0.05) is 5.56 Å². The lowest BCUT2D eigenvalue weighted by atomic mass is 10.1. The van der Waals surface area contributed by atoms with Crippen molar-refractivity contribution in [2.45, 2.75) is 17.6 Å². The number of carbonyl (C=O) groups excluding carboxylic acids is 1. The van der Waals surface area contributed by atoms with E-state index >= 15 is 0 Å². The fraction of sp³-hybridized carbons (Fsp3) is 0.200. The van der Waals surface area contributed by atoms with Crippen LogP contribution in [-0.4, -0.2) is 11.5 Å². The largest absolute Gasteiger partial charge is 0.396 e. The highest BCUT2D eigenvalue weighted by Crippen LogP contribution is 2.38. The highest BCUT2D eigenvalue weighted by atomic mass is 32.2. The van der Waals surface area contributed by atoms with Crippen molar-refractivity contribution in [1.29, 1.82) is 5.26 Å². The van der Waals surface area contributed by atoms with Crippen LogP contribution in [0, 0.1) is 11.3 Å². The molecule has 0 aliphatic rings. The van der Waals surface area contributed by atoms with Gasteiger partial charge in [-0.3, -0.25) is 4.79 Å². The molecule has 2 rings (SSSR count). The zero-order valence-electron chi connectivity index (χ0n) is 11.1. The summed E-state index contributed by atoms with van der Waals surface area (Å²) in [5, 5.41) is 9.22. The lowest BCUT2D eigenvalue weighted by Gasteiger charge is -1.98. The maximum atomic E-state index is 12.4. The summed E-state index contributed by atoms with van der Waals surface area (Å²) in [6, 6.07) is 11.1. The Balaban J connectivity index is 2.40. The third-order valence-corrected chi connectivity index (χ3v) is 5.39. The van der Waals surface area contributed by atoms with Crippen molar-refractivity contribution in [3.05, 3.63) is 46.3 Å². The minimum absolute atomic E-state index is 0.118. The van der Waals surface area contributed by atoms with Gasteiger partial charge in [-0.2, -0.15) is 5.26 Å². The van der Waals surface area contributed by atoms with Crippen LogP contribution >= 0.6 is 23.1 Å². The molecule has 0 spiro atoms. The molecule has 0 aliphatic carbocycles. The summed E-state index contributed by atoms with van der Waals surface area (Å²) in [6.07, 6.45) is 1.01. The van der Waals surface area contributed by atoms with Crippen molar-refractivity contribution in [3.63, 3.8) is 0 Å². The van der Waals surface area contributed by atoms with Gasteiger partial charge >= 0.3 is 0 Å². The molecule has 102 valence electrons. The Kier molecular flexibility index (Phi) is 4.83. The average molecular weight is 302 g/mol. The number of carbonyl (C=O) groups is 1. The van der Waals surface area contributed by atoms with Gasteiger partial charge in [-0.05, 0) is 12.2 Å². The summed E-state index contributed by atoms with van der Waals surface area (Å²) in [4.78, 5) is 12.9. The van der Waals surface area contributed by atoms with Crippen molar-refractivity contribution in [2.75, 3.05) is 11.5 Å². The summed E-state index contributed by atoms with van der Waals surface area (Å²) in [6.45, 7) is 2.08. The lowest BCUT2D eigenvalue weighted by Crippen LogP contribution is -2.02. The third-order valence-electron chi connectivity index (χ3n) is 2.70. The van der Waals surface area contributed by atoms with E-state index in [9.17, 15) is 10.1 Å². The highest BCUT2D eigenvalue weighted by Gasteiger charge is 2.21. The zero-order valence-corrected chi connectivity index (χ0v) is 12.7. The number of nitrogens with two attached hydrogens (primary N) is 1. The Labute approximate surface area is 126 Å². The number of benzene rings is 1. The SMILES string of the molecule is CCCSc1sc(C(=O)c2ccccc2)c(N)c1C#N. The number of hydrogen-bond acceptors (Lipinski definition) is 5. The molecule has 1 aromatic carbocycles. The van der Waals surface area contributed by atoms with Gasteiger partial charge in [0.1, 0.15) is 16.5 Å². The third kappa shape index (κ3) is 2.87. The van der Waals surface area contributed by atoms with Gasteiger partial charge in [-0.15, -0.1) is 23.1 Å². The Morgan fingerprint density at radius 3 is 2.70 bits per heavy atom. The summed E-state index contributed by atoms with van der Waals surface area (Å²) in [7, 11) is 0. The molecular weight excluding hydrogens is 288 g/mol. The number of nitriles is 1. The van der Waals surface area contributed by atoms with E-state index in [-0.39, 0.29) is 5.78 Å².